The fraction of sp³-hybridized carbons (Fsp3) is 0.105. The summed E-state index contributed by atoms with van der Waals surface area (Å²) >= 11 is 3.05. The fourth-order valence-electron chi connectivity index (χ4n) is 2.46. The van der Waals surface area contributed by atoms with Crippen LogP contribution in [0.15, 0.2) is 70.4 Å². The molecule has 4 rings (SSSR count). The summed E-state index contributed by atoms with van der Waals surface area (Å²) in [5.74, 6) is 1.45. The maximum Gasteiger partial charge on any atom is 0.275 e. The molecule has 0 aliphatic heterocycles. The Bertz CT molecular complexity index is 1090. The van der Waals surface area contributed by atoms with Gasteiger partial charge in [0.1, 0.15) is 10.8 Å². The summed E-state index contributed by atoms with van der Waals surface area (Å²) in [4.78, 5) is 18.7. The van der Waals surface area contributed by atoms with E-state index in [1.54, 1.807) is 24.9 Å². The van der Waals surface area contributed by atoms with E-state index in [4.69, 9.17) is 4.74 Å². The van der Waals surface area contributed by atoms with Gasteiger partial charge < -0.3 is 4.74 Å². The fourth-order valence-corrected chi connectivity index (χ4v) is 4.18. The number of fused-ring (bicyclic) bond motifs is 1. The number of benzene rings is 2. The van der Waals surface area contributed by atoms with Crippen LogP contribution >= 0.6 is 23.1 Å². The van der Waals surface area contributed by atoms with Crippen LogP contribution in [0.2, 0.25) is 0 Å². The predicted molar refractivity (Wildman–Crippen MR) is 105 cm³/mol. The molecule has 0 amide bonds. The highest BCUT2D eigenvalue weighted by molar-refractivity contribution is 7.98. The third kappa shape index (κ3) is 3.49. The molecule has 0 fully saturated rings. The van der Waals surface area contributed by atoms with Crippen LogP contribution in [0, 0.1) is 0 Å². The summed E-state index contributed by atoms with van der Waals surface area (Å²) < 4.78 is 6.53. The second kappa shape index (κ2) is 7.31. The van der Waals surface area contributed by atoms with Crippen LogP contribution in [0.4, 0.5) is 0 Å². The molecule has 2 aromatic carbocycles. The third-order valence-electron chi connectivity index (χ3n) is 3.76. The van der Waals surface area contributed by atoms with Gasteiger partial charge in [0.15, 0.2) is 0 Å². The molecule has 0 saturated carbocycles. The minimum Gasteiger partial charge on any atom is -0.497 e. The van der Waals surface area contributed by atoms with Crippen LogP contribution in [0.25, 0.3) is 15.5 Å². The number of hydrogen-bond acceptors (Lipinski definition) is 6. The Labute approximate surface area is 158 Å². The van der Waals surface area contributed by atoms with Gasteiger partial charge in [-0.05, 0) is 24.3 Å². The summed E-state index contributed by atoms with van der Waals surface area (Å²) in [5.41, 5.74) is 1.58. The number of hydrogen-bond donors (Lipinski definition) is 0. The van der Waals surface area contributed by atoms with Crippen LogP contribution < -0.4 is 10.3 Å². The van der Waals surface area contributed by atoms with Crippen molar-refractivity contribution in [2.24, 2.45) is 0 Å². The monoisotopic (exact) mass is 381 g/mol. The molecular formula is C19H15N3O2S2. The molecule has 2 heterocycles. The Morgan fingerprint density at radius 3 is 2.62 bits per heavy atom. The highest BCUT2D eigenvalue weighted by Crippen LogP contribution is 2.26. The number of nitrogens with zero attached hydrogens (tertiary/aromatic N) is 3. The van der Waals surface area contributed by atoms with E-state index < -0.39 is 0 Å². The average Bonchev–Trinajstić information content (AvgIpc) is 3.12. The molecule has 4 aromatic rings. The van der Waals surface area contributed by atoms with Crippen molar-refractivity contribution in [1.29, 1.82) is 0 Å². The molecule has 7 heteroatoms. The van der Waals surface area contributed by atoms with Gasteiger partial charge in [0.2, 0.25) is 4.96 Å². The lowest BCUT2D eigenvalue weighted by Crippen LogP contribution is -2.15. The Hall–Kier alpha value is -2.64. The number of aromatic nitrogens is 3. The van der Waals surface area contributed by atoms with Gasteiger partial charge in [-0.2, -0.15) is 9.61 Å². The second-order valence-electron chi connectivity index (χ2n) is 5.52. The largest absolute Gasteiger partial charge is 0.497 e. The van der Waals surface area contributed by atoms with Gasteiger partial charge in [0, 0.05) is 22.3 Å². The van der Waals surface area contributed by atoms with Crippen molar-refractivity contribution in [3.63, 3.8) is 0 Å². The van der Waals surface area contributed by atoms with E-state index in [0.29, 0.717) is 10.7 Å². The first-order valence-electron chi connectivity index (χ1n) is 7.95. The van der Waals surface area contributed by atoms with Crippen molar-refractivity contribution >= 4 is 28.1 Å². The predicted octanol–water partition coefficient (Wildman–Crippen LogP) is 4.12. The summed E-state index contributed by atoms with van der Waals surface area (Å²) in [5, 5.41) is 5.19. The van der Waals surface area contributed by atoms with E-state index in [-0.39, 0.29) is 5.56 Å². The molecule has 0 bridgehead atoms. The van der Waals surface area contributed by atoms with Crippen molar-refractivity contribution in [2.45, 2.75) is 10.6 Å². The van der Waals surface area contributed by atoms with Gasteiger partial charge in [-0.3, -0.25) is 4.79 Å². The standard InChI is InChI=1S/C19H15N3O2S2/c1-24-15-7-9-16(10-8-15)25-12-14-11-17(23)22-19(20-14)26-18(21-22)13-5-3-2-4-6-13/h2-11H,12H2,1H3. The highest BCUT2D eigenvalue weighted by atomic mass is 32.2. The molecule has 0 saturated heterocycles. The van der Waals surface area contributed by atoms with E-state index in [9.17, 15) is 4.79 Å². The first kappa shape index (κ1) is 16.8. The van der Waals surface area contributed by atoms with Crippen LogP contribution in [-0.2, 0) is 5.75 Å². The van der Waals surface area contributed by atoms with Crippen molar-refractivity contribution < 1.29 is 4.74 Å². The lowest BCUT2D eigenvalue weighted by atomic mass is 10.2. The number of rotatable bonds is 5. The molecule has 0 radical (unpaired) electrons. The van der Waals surface area contributed by atoms with Crippen LogP contribution in [0.5, 0.6) is 5.75 Å². The van der Waals surface area contributed by atoms with Crippen molar-refractivity contribution in [1.82, 2.24) is 14.6 Å². The Kier molecular flexibility index (Phi) is 4.73. The first-order valence-corrected chi connectivity index (χ1v) is 9.75. The van der Waals surface area contributed by atoms with Crippen LogP contribution in [0.3, 0.4) is 0 Å². The first-order chi connectivity index (χ1) is 12.7. The SMILES string of the molecule is COc1ccc(SCc2cc(=O)n3nc(-c4ccccc4)sc3n2)cc1. The third-order valence-corrected chi connectivity index (χ3v) is 5.77. The zero-order valence-corrected chi connectivity index (χ0v) is 15.6. The molecule has 0 unspecified atom stereocenters. The van der Waals surface area contributed by atoms with E-state index in [0.717, 1.165) is 26.9 Å². The minimum absolute atomic E-state index is 0.154. The molecule has 130 valence electrons. The lowest BCUT2D eigenvalue weighted by Gasteiger charge is -2.03. The maximum absolute atomic E-state index is 12.4. The Morgan fingerprint density at radius 2 is 1.88 bits per heavy atom. The van der Waals surface area contributed by atoms with Crippen molar-refractivity contribution in [3.8, 4) is 16.3 Å². The van der Waals surface area contributed by atoms with E-state index in [1.807, 2.05) is 54.6 Å². The normalized spacial score (nSPS) is 11.0. The van der Waals surface area contributed by atoms with Gasteiger partial charge in [0.25, 0.3) is 5.56 Å². The Morgan fingerprint density at radius 1 is 1.12 bits per heavy atom. The second-order valence-corrected chi connectivity index (χ2v) is 7.52. The van der Waals surface area contributed by atoms with Crippen LogP contribution in [-0.4, -0.2) is 21.7 Å². The molecule has 5 nitrogen and oxygen atoms in total. The van der Waals surface area contributed by atoms with Crippen molar-refractivity contribution in [2.75, 3.05) is 7.11 Å². The number of thioether (sulfide) groups is 1. The maximum atomic E-state index is 12.4. The molecule has 0 spiro atoms. The van der Waals surface area contributed by atoms with Gasteiger partial charge >= 0.3 is 0 Å². The quantitative estimate of drug-likeness (QED) is 0.487. The average molecular weight is 381 g/mol. The minimum atomic E-state index is -0.154. The summed E-state index contributed by atoms with van der Waals surface area (Å²) in [6.45, 7) is 0. The molecule has 0 aliphatic carbocycles. The van der Waals surface area contributed by atoms with E-state index >= 15 is 0 Å². The van der Waals surface area contributed by atoms with E-state index in [2.05, 4.69) is 10.1 Å². The smallest absolute Gasteiger partial charge is 0.275 e. The molecular weight excluding hydrogens is 366 g/mol. The summed E-state index contributed by atoms with van der Waals surface area (Å²) in [6.07, 6.45) is 0. The van der Waals surface area contributed by atoms with Gasteiger partial charge in [0.05, 0.1) is 12.8 Å². The summed E-state index contributed by atoms with van der Waals surface area (Å²) in [7, 11) is 1.65. The number of ether oxygens (including phenoxy) is 1. The van der Waals surface area contributed by atoms with Gasteiger partial charge in [-0.1, -0.05) is 41.7 Å². The molecule has 0 atom stereocenters. The molecule has 0 N–H and O–H groups in total. The zero-order valence-electron chi connectivity index (χ0n) is 14.0. The van der Waals surface area contributed by atoms with Crippen LogP contribution in [0.1, 0.15) is 5.69 Å². The lowest BCUT2D eigenvalue weighted by molar-refractivity contribution is 0.414. The van der Waals surface area contributed by atoms with Crippen molar-refractivity contribution in [3.05, 3.63) is 76.7 Å². The number of methoxy groups -OCH3 is 1. The highest BCUT2D eigenvalue weighted by Gasteiger charge is 2.10. The Balaban J connectivity index is 1.59. The topological polar surface area (TPSA) is 56.5 Å². The zero-order chi connectivity index (χ0) is 17.9. The molecule has 0 aliphatic rings. The van der Waals surface area contributed by atoms with E-state index in [1.165, 1.54) is 15.9 Å². The summed E-state index contributed by atoms with van der Waals surface area (Å²) in [6, 6.07) is 19.2. The molecule has 2 aromatic heterocycles. The van der Waals surface area contributed by atoms with Gasteiger partial charge in [-0.25, -0.2) is 4.98 Å². The van der Waals surface area contributed by atoms with Gasteiger partial charge in [-0.15, -0.1) is 11.8 Å². The molecule has 26 heavy (non-hydrogen) atoms.